The molecule has 6 heteroatoms. The van der Waals surface area contributed by atoms with Crippen LogP contribution in [-0.4, -0.2) is 60.6 Å². The van der Waals surface area contributed by atoms with Crippen LogP contribution in [0.25, 0.3) is 6.08 Å². The molecule has 1 saturated heterocycles. The van der Waals surface area contributed by atoms with E-state index in [2.05, 4.69) is 10.2 Å². The fourth-order valence-corrected chi connectivity index (χ4v) is 4.00. The smallest absolute Gasteiger partial charge is 0.220 e. The molecule has 0 spiro atoms. The van der Waals surface area contributed by atoms with Crippen LogP contribution in [0.1, 0.15) is 48.0 Å². The van der Waals surface area contributed by atoms with E-state index < -0.39 is 12.1 Å². The molecule has 2 aromatic rings. The topological polar surface area (TPSA) is 78.9 Å². The summed E-state index contributed by atoms with van der Waals surface area (Å²) in [4.78, 5) is 27.3. The van der Waals surface area contributed by atoms with E-state index in [-0.39, 0.29) is 18.1 Å². The van der Waals surface area contributed by atoms with Gasteiger partial charge in [0.05, 0.1) is 19.3 Å². The Labute approximate surface area is 196 Å². The number of benzene rings is 2. The van der Waals surface area contributed by atoms with E-state index in [1.54, 1.807) is 37.5 Å². The van der Waals surface area contributed by atoms with E-state index in [4.69, 9.17) is 4.74 Å². The Bertz CT molecular complexity index is 905. The van der Waals surface area contributed by atoms with Crippen molar-refractivity contribution in [2.45, 2.75) is 44.2 Å². The zero-order valence-electron chi connectivity index (χ0n) is 19.3. The Balaban J connectivity index is 1.51. The molecule has 176 valence electrons. The van der Waals surface area contributed by atoms with Crippen LogP contribution in [-0.2, 0) is 4.79 Å². The summed E-state index contributed by atoms with van der Waals surface area (Å²) in [5.41, 5.74) is 1.62. The molecule has 6 nitrogen and oxygen atoms in total. The van der Waals surface area contributed by atoms with Gasteiger partial charge in [0.15, 0.2) is 5.78 Å². The van der Waals surface area contributed by atoms with Gasteiger partial charge in [0.1, 0.15) is 5.75 Å². The summed E-state index contributed by atoms with van der Waals surface area (Å²) in [7, 11) is 1.58. The van der Waals surface area contributed by atoms with Crippen molar-refractivity contribution in [2.24, 2.45) is 0 Å². The molecule has 2 N–H and O–H groups in total. The number of aliphatic hydroxyl groups is 1. The van der Waals surface area contributed by atoms with Crippen LogP contribution in [0.5, 0.6) is 5.75 Å². The van der Waals surface area contributed by atoms with Gasteiger partial charge in [0, 0.05) is 24.9 Å². The quantitative estimate of drug-likeness (QED) is 0.482. The van der Waals surface area contributed by atoms with E-state index >= 15 is 0 Å². The number of hydrogen-bond donors (Lipinski definition) is 2. The zero-order chi connectivity index (χ0) is 23.5. The normalized spacial score (nSPS) is 15.9. The highest BCUT2D eigenvalue weighted by Crippen LogP contribution is 2.15. The molecular formula is C27H34N2O4. The predicted octanol–water partition coefficient (Wildman–Crippen LogP) is 3.70. The fraction of sp³-hybridized carbons (Fsp3) is 0.407. The third-order valence-corrected chi connectivity index (χ3v) is 5.92. The molecule has 0 aromatic heterocycles. The third-order valence-electron chi connectivity index (χ3n) is 5.92. The number of aliphatic hydroxyl groups excluding tert-OH is 1. The highest BCUT2D eigenvalue weighted by molar-refractivity contribution is 5.96. The summed E-state index contributed by atoms with van der Waals surface area (Å²) in [5, 5.41) is 13.8. The molecule has 1 amide bonds. The van der Waals surface area contributed by atoms with Crippen LogP contribution >= 0.6 is 0 Å². The number of ether oxygens (including phenoxy) is 1. The van der Waals surface area contributed by atoms with Crippen LogP contribution in [0.2, 0.25) is 0 Å². The van der Waals surface area contributed by atoms with Crippen LogP contribution in [0, 0.1) is 0 Å². The van der Waals surface area contributed by atoms with Gasteiger partial charge in [-0.2, -0.15) is 0 Å². The first-order valence-electron chi connectivity index (χ1n) is 11.7. The monoisotopic (exact) mass is 450 g/mol. The number of ketones is 1. The van der Waals surface area contributed by atoms with Gasteiger partial charge in [-0.25, -0.2) is 0 Å². The second-order valence-corrected chi connectivity index (χ2v) is 8.45. The molecule has 0 bridgehead atoms. The number of amides is 1. The molecule has 1 fully saturated rings. The van der Waals surface area contributed by atoms with Crippen molar-refractivity contribution in [2.75, 3.05) is 26.7 Å². The standard InChI is InChI=1S/C27H34N2O4/c1-33-23-15-13-22(14-16-23)25(30)10-7-11-27(32)28-24(20-29-18-5-6-19-29)26(31)17-12-21-8-3-2-4-9-21/h2-4,8-9,12-17,24,26,31H,5-7,10-11,18-20H2,1H3,(H,28,32)/t24-,26-/m1/s1. The Morgan fingerprint density at radius 2 is 1.76 bits per heavy atom. The molecule has 0 saturated carbocycles. The highest BCUT2D eigenvalue weighted by atomic mass is 16.5. The van der Waals surface area contributed by atoms with Gasteiger partial charge in [-0.3, -0.25) is 9.59 Å². The second-order valence-electron chi connectivity index (χ2n) is 8.45. The maximum atomic E-state index is 12.6. The summed E-state index contributed by atoms with van der Waals surface area (Å²) in [6, 6.07) is 16.4. The van der Waals surface area contributed by atoms with Crippen LogP contribution in [0.3, 0.4) is 0 Å². The maximum Gasteiger partial charge on any atom is 0.220 e. The van der Waals surface area contributed by atoms with Crippen LogP contribution < -0.4 is 10.1 Å². The summed E-state index contributed by atoms with van der Waals surface area (Å²) in [5.74, 6) is 0.564. The number of carbonyl (C=O) groups excluding carboxylic acids is 2. The first-order chi connectivity index (χ1) is 16.0. The number of Topliss-reactive ketones (excluding diaryl/α,β-unsaturated/α-hetero) is 1. The van der Waals surface area contributed by atoms with Crippen molar-refractivity contribution in [3.05, 3.63) is 71.8 Å². The largest absolute Gasteiger partial charge is 0.497 e. The van der Waals surface area contributed by atoms with Gasteiger partial charge in [-0.15, -0.1) is 0 Å². The van der Waals surface area contributed by atoms with Gasteiger partial charge in [-0.1, -0.05) is 42.5 Å². The summed E-state index contributed by atoms with van der Waals surface area (Å²) in [6.07, 6.45) is 6.11. The molecule has 3 rings (SSSR count). The van der Waals surface area contributed by atoms with Crippen molar-refractivity contribution in [3.63, 3.8) is 0 Å². The minimum atomic E-state index is -0.796. The summed E-state index contributed by atoms with van der Waals surface area (Å²) >= 11 is 0. The van der Waals surface area contributed by atoms with E-state index in [9.17, 15) is 14.7 Å². The minimum Gasteiger partial charge on any atom is -0.497 e. The molecule has 1 aliphatic heterocycles. The number of likely N-dealkylation sites (tertiary alicyclic amines) is 1. The molecule has 0 radical (unpaired) electrons. The molecule has 0 unspecified atom stereocenters. The third kappa shape index (κ3) is 8.15. The molecule has 2 aromatic carbocycles. The molecule has 33 heavy (non-hydrogen) atoms. The lowest BCUT2D eigenvalue weighted by molar-refractivity contribution is -0.122. The molecule has 0 aliphatic carbocycles. The lowest BCUT2D eigenvalue weighted by atomic mass is 10.0. The van der Waals surface area contributed by atoms with Gasteiger partial charge < -0.3 is 20.1 Å². The maximum absolute atomic E-state index is 12.6. The number of rotatable bonds is 12. The first-order valence-corrected chi connectivity index (χ1v) is 11.7. The van der Waals surface area contributed by atoms with Gasteiger partial charge in [-0.05, 0) is 62.2 Å². The molecule has 1 aliphatic rings. The van der Waals surface area contributed by atoms with Crippen LogP contribution in [0.4, 0.5) is 0 Å². The Morgan fingerprint density at radius 3 is 2.42 bits per heavy atom. The molecule has 1 heterocycles. The van der Waals surface area contributed by atoms with Gasteiger partial charge >= 0.3 is 0 Å². The number of methoxy groups -OCH3 is 1. The van der Waals surface area contributed by atoms with Crippen molar-refractivity contribution in [1.29, 1.82) is 0 Å². The van der Waals surface area contributed by atoms with E-state index in [0.717, 1.165) is 31.5 Å². The van der Waals surface area contributed by atoms with Crippen molar-refractivity contribution >= 4 is 17.8 Å². The fourth-order valence-electron chi connectivity index (χ4n) is 4.00. The lowest BCUT2D eigenvalue weighted by Crippen LogP contribution is -2.49. The Morgan fingerprint density at radius 1 is 1.06 bits per heavy atom. The summed E-state index contributed by atoms with van der Waals surface area (Å²) in [6.45, 7) is 2.58. The number of nitrogens with zero attached hydrogens (tertiary/aromatic N) is 1. The summed E-state index contributed by atoms with van der Waals surface area (Å²) < 4.78 is 5.11. The highest BCUT2D eigenvalue weighted by Gasteiger charge is 2.24. The number of nitrogens with one attached hydrogen (secondary N) is 1. The lowest BCUT2D eigenvalue weighted by Gasteiger charge is -2.27. The van der Waals surface area contributed by atoms with Gasteiger partial charge in [0.25, 0.3) is 0 Å². The van der Waals surface area contributed by atoms with E-state index in [0.29, 0.717) is 30.7 Å². The number of hydrogen-bond acceptors (Lipinski definition) is 5. The predicted molar refractivity (Wildman–Crippen MR) is 130 cm³/mol. The van der Waals surface area contributed by atoms with E-state index in [1.807, 2.05) is 36.4 Å². The number of carbonyl (C=O) groups is 2. The van der Waals surface area contributed by atoms with Crippen molar-refractivity contribution in [3.8, 4) is 5.75 Å². The average Bonchev–Trinajstić information content (AvgIpc) is 3.36. The van der Waals surface area contributed by atoms with Crippen molar-refractivity contribution in [1.82, 2.24) is 10.2 Å². The SMILES string of the molecule is COc1ccc(C(=O)CCCC(=O)N[C@H](CN2CCCC2)[C@H](O)C=Cc2ccccc2)cc1. The second kappa shape index (κ2) is 12.9. The Kier molecular flexibility index (Phi) is 9.66. The first kappa shape index (κ1) is 24.7. The van der Waals surface area contributed by atoms with Gasteiger partial charge in [0.2, 0.25) is 5.91 Å². The van der Waals surface area contributed by atoms with E-state index in [1.165, 1.54) is 0 Å². The Hall–Kier alpha value is -2.96. The van der Waals surface area contributed by atoms with Crippen molar-refractivity contribution < 1.29 is 19.4 Å². The molecular weight excluding hydrogens is 416 g/mol. The average molecular weight is 451 g/mol. The minimum absolute atomic E-state index is 0.00454. The molecule has 2 atom stereocenters. The zero-order valence-corrected chi connectivity index (χ0v) is 19.3. The van der Waals surface area contributed by atoms with Crippen LogP contribution in [0.15, 0.2) is 60.7 Å².